The van der Waals surface area contributed by atoms with E-state index in [1.165, 1.54) is 16.0 Å². The van der Waals surface area contributed by atoms with E-state index in [4.69, 9.17) is 0 Å². The number of nitrogens with one attached hydrogen (secondary N) is 1. The molecule has 3 saturated heterocycles. The lowest BCUT2D eigenvalue weighted by molar-refractivity contribution is -0.139. The lowest BCUT2D eigenvalue weighted by atomic mass is 10.1. The number of hydrogen-bond donors (Lipinski definition) is 1. The molecule has 3 unspecified atom stereocenters. The number of anilines is 1. The van der Waals surface area contributed by atoms with Crippen LogP contribution in [0, 0.1) is 13.8 Å². The largest absolute Gasteiger partial charge is 0.343 e. The number of fused-ring (bicyclic) bond motifs is 3. The fourth-order valence-corrected chi connectivity index (χ4v) is 5.21. The van der Waals surface area contributed by atoms with Gasteiger partial charge in [0, 0.05) is 25.8 Å². The van der Waals surface area contributed by atoms with Gasteiger partial charge in [-0.2, -0.15) is 0 Å². The number of likely N-dealkylation sites (N-methyl/N-ethyl adjacent to an activating group) is 1. The molecule has 0 spiro atoms. The van der Waals surface area contributed by atoms with E-state index in [-0.39, 0.29) is 30.4 Å². The lowest BCUT2D eigenvalue weighted by Crippen LogP contribution is -2.66. The zero-order valence-corrected chi connectivity index (χ0v) is 18.3. The van der Waals surface area contributed by atoms with Gasteiger partial charge in [-0.1, -0.05) is 36.4 Å². The van der Waals surface area contributed by atoms with Gasteiger partial charge in [0.1, 0.15) is 18.5 Å². The first-order chi connectivity index (χ1) is 14.9. The zero-order valence-electron chi connectivity index (χ0n) is 18.3. The van der Waals surface area contributed by atoms with Crippen molar-refractivity contribution < 1.29 is 9.59 Å². The van der Waals surface area contributed by atoms with Crippen molar-refractivity contribution in [2.75, 3.05) is 25.0 Å². The van der Waals surface area contributed by atoms with Gasteiger partial charge in [-0.25, -0.2) is 4.79 Å². The van der Waals surface area contributed by atoms with Gasteiger partial charge >= 0.3 is 6.03 Å². The van der Waals surface area contributed by atoms with Gasteiger partial charge in [0.2, 0.25) is 0 Å². The average Bonchev–Trinajstić information content (AvgIpc) is 3.15. The molecule has 3 aliphatic rings. The van der Waals surface area contributed by atoms with Gasteiger partial charge in [0.15, 0.2) is 0 Å². The van der Waals surface area contributed by atoms with E-state index in [1.807, 2.05) is 30.3 Å². The van der Waals surface area contributed by atoms with Crippen LogP contribution in [0.2, 0.25) is 0 Å². The highest BCUT2D eigenvalue weighted by molar-refractivity contribution is 6.00. The number of amides is 3. The summed E-state index contributed by atoms with van der Waals surface area (Å²) in [6, 6.07) is 15.6. The van der Waals surface area contributed by atoms with Gasteiger partial charge in [-0.05, 0) is 49.1 Å². The molecule has 1 N–H and O–H groups in total. The number of carbonyl (C=O) groups excluding carboxylic acids is 2. The van der Waals surface area contributed by atoms with Crippen molar-refractivity contribution in [3.8, 4) is 0 Å². The molecule has 0 aliphatic carbocycles. The number of imide groups is 1. The van der Waals surface area contributed by atoms with Gasteiger partial charge in [0.25, 0.3) is 5.91 Å². The van der Waals surface area contributed by atoms with Crippen LogP contribution in [-0.4, -0.2) is 65.3 Å². The van der Waals surface area contributed by atoms with Gasteiger partial charge < -0.3 is 9.80 Å². The van der Waals surface area contributed by atoms with E-state index in [1.54, 1.807) is 11.9 Å². The van der Waals surface area contributed by atoms with E-state index >= 15 is 0 Å². The maximum Gasteiger partial charge on any atom is 0.328 e. The van der Waals surface area contributed by atoms with E-state index in [2.05, 4.69) is 47.2 Å². The van der Waals surface area contributed by atoms with E-state index in [0.717, 1.165) is 30.8 Å². The van der Waals surface area contributed by atoms with Crippen LogP contribution in [-0.2, 0) is 11.3 Å². The Hall–Kier alpha value is -2.90. The van der Waals surface area contributed by atoms with E-state index in [0.29, 0.717) is 6.54 Å². The molecule has 5 rings (SSSR count). The summed E-state index contributed by atoms with van der Waals surface area (Å²) < 4.78 is 0. The molecule has 7 heteroatoms. The van der Waals surface area contributed by atoms with Gasteiger partial charge in [-0.3, -0.25) is 19.9 Å². The second-order valence-electron chi connectivity index (χ2n) is 8.86. The molecule has 3 aliphatic heterocycles. The topological polar surface area (TPSA) is 59.1 Å². The first-order valence-corrected chi connectivity index (χ1v) is 10.9. The molecule has 3 heterocycles. The van der Waals surface area contributed by atoms with Crippen molar-refractivity contribution in [2.45, 2.75) is 45.3 Å². The minimum Gasteiger partial charge on any atom is -0.343 e. The highest BCUT2D eigenvalue weighted by atomic mass is 16.2. The van der Waals surface area contributed by atoms with Crippen molar-refractivity contribution in [3.63, 3.8) is 0 Å². The third kappa shape index (κ3) is 3.38. The number of carbonyl (C=O) groups is 2. The summed E-state index contributed by atoms with van der Waals surface area (Å²) in [4.78, 5) is 34.3. The summed E-state index contributed by atoms with van der Waals surface area (Å²) in [5.41, 5.74) is 4.55. The monoisotopic (exact) mass is 419 g/mol. The smallest absolute Gasteiger partial charge is 0.328 e. The van der Waals surface area contributed by atoms with Crippen molar-refractivity contribution >= 4 is 17.6 Å². The van der Waals surface area contributed by atoms with E-state index in [9.17, 15) is 9.59 Å². The third-order valence-electron chi connectivity index (χ3n) is 6.59. The van der Waals surface area contributed by atoms with Crippen LogP contribution in [0.4, 0.5) is 10.5 Å². The summed E-state index contributed by atoms with van der Waals surface area (Å²) in [6.07, 6.45) is 0.530. The summed E-state index contributed by atoms with van der Waals surface area (Å²) in [7, 11) is 1.79. The first-order valence-electron chi connectivity index (χ1n) is 10.9. The molecule has 3 amide bonds. The SMILES string of the molecule is Cc1cc(C)cc(N2CCCN3C4C(=O)N(Cc5ccccc5)C(=O)N(C)C4NC23)c1. The number of hydrogen-bond acceptors (Lipinski definition) is 5. The Morgan fingerprint density at radius 3 is 2.42 bits per heavy atom. The second-order valence-corrected chi connectivity index (χ2v) is 8.86. The number of urea groups is 1. The molecule has 7 nitrogen and oxygen atoms in total. The molecule has 2 aromatic rings. The molecular formula is C24H29N5O2. The van der Waals surface area contributed by atoms with Crippen LogP contribution in [0.15, 0.2) is 48.5 Å². The van der Waals surface area contributed by atoms with Gasteiger partial charge in [0.05, 0.1) is 6.54 Å². The molecule has 31 heavy (non-hydrogen) atoms. The summed E-state index contributed by atoms with van der Waals surface area (Å²) >= 11 is 0. The number of nitrogens with zero attached hydrogens (tertiary/aromatic N) is 4. The maximum absolute atomic E-state index is 13.6. The van der Waals surface area contributed by atoms with Crippen LogP contribution in [0.3, 0.4) is 0 Å². The molecule has 0 aromatic heterocycles. The molecule has 3 atom stereocenters. The Morgan fingerprint density at radius 2 is 1.71 bits per heavy atom. The maximum atomic E-state index is 13.6. The second kappa shape index (κ2) is 7.66. The quantitative estimate of drug-likeness (QED) is 0.828. The molecule has 0 radical (unpaired) electrons. The predicted molar refractivity (Wildman–Crippen MR) is 119 cm³/mol. The molecular weight excluding hydrogens is 390 g/mol. The summed E-state index contributed by atoms with van der Waals surface area (Å²) in [6.45, 7) is 6.25. The first kappa shape index (κ1) is 20.0. The van der Waals surface area contributed by atoms with Crippen LogP contribution < -0.4 is 10.2 Å². The van der Waals surface area contributed by atoms with Crippen LogP contribution >= 0.6 is 0 Å². The Kier molecular flexibility index (Phi) is 4.95. The normalized spacial score (nSPS) is 26.3. The summed E-state index contributed by atoms with van der Waals surface area (Å²) in [5.74, 6) is -0.116. The molecule has 2 aromatic carbocycles. The Labute approximate surface area is 183 Å². The van der Waals surface area contributed by atoms with Gasteiger partial charge in [-0.15, -0.1) is 0 Å². The molecule has 162 valence electrons. The fraction of sp³-hybridized carbons (Fsp3) is 0.417. The fourth-order valence-electron chi connectivity index (χ4n) is 5.21. The number of aryl methyl sites for hydroxylation is 2. The Balaban J connectivity index is 1.45. The Morgan fingerprint density at radius 1 is 1.00 bits per heavy atom. The van der Waals surface area contributed by atoms with Crippen LogP contribution in [0.1, 0.15) is 23.1 Å². The van der Waals surface area contributed by atoms with Crippen molar-refractivity contribution in [3.05, 3.63) is 65.2 Å². The number of benzene rings is 2. The minimum absolute atomic E-state index is 0.110. The number of rotatable bonds is 3. The Bertz CT molecular complexity index is 990. The summed E-state index contributed by atoms with van der Waals surface area (Å²) in [5, 5.41) is 3.59. The van der Waals surface area contributed by atoms with Crippen molar-refractivity contribution in [1.82, 2.24) is 20.0 Å². The minimum atomic E-state index is -0.384. The third-order valence-corrected chi connectivity index (χ3v) is 6.59. The predicted octanol–water partition coefficient (Wildman–Crippen LogP) is 2.49. The van der Waals surface area contributed by atoms with E-state index < -0.39 is 0 Å². The van der Waals surface area contributed by atoms with Crippen molar-refractivity contribution in [2.24, 2.45) is 0 Å². The van der Waals surface area contributed by atoms with Crippen LogP contribution in [0.25, 0.3) is 0 Å². The highest BCUT2D eigenvalue weighted by Gasteiger charge is 2.56. The standard InChI is InChI=1S/C24H29N5O2/c1-16-12-17(2)14-19(13-16)27-10-7-11-28-20-21(25-23(27)28)26(3)24(31)29(22(20)30)15-18-8-5-4-6-9-18/h4-6,8-9,12-14,20-21,23,25H,7,10-11,15H2,1-3H3. The lowest BCUT2D eigenvalue weighted by Gasteiger charge is -2.44. The van der Waals surface area contributed by atoms with Crippen molar-refractivity contribution in [1.29, 1.82) is 0 Å². The molecule has 0 bridgehead atoms. The molecule has 3 fully saturated rings. The average molecular weight is 420 g/mol. The highest BCUT2D eigenvalue weighted by Crippen LogP contribution is 2.34. The molecule has 0 saturated carbocycles. The zero-order chi connectivity index (χ0) is 21.7. The van der Waals surface area contributed by atoms with Crippen LogP contribution in [0.5, 0.6) is 0 Å².